The number of carbonyl (C=O) groups excluding carboxylic acids is 1. The molecular formula is C15H19ClN4O. The molecule has 0 spiro atoms. The molecule has 21 heavy (non-hydrogen) atoms. The highest BCUT2D eigenvalue weighted by atomic mass is 35.5. The lowest BCUT2D eigenvalue weighted by molar-refractivity contribution is 0.0950. The number of carbonyl (C=O) groups is 1. The van der Waals surface area contributed by atoms with Crippen LogP contribution < -0.4 is 10.6 Å². The molecule has 0 fully saturated rings. The molecule has 0 aliphatic rings. The molecule has 6 heteroatoms. The first kappa shape index (κ1) is 15.5. The zero-order chi connectivity index (χ0) is 15.4. The summed E-state index contributed by atoms with van der Waals surface area (Å²) in [4.78, 5) is 12.2. The normalized spacial score (nSPS) is 12.2. The van der Waals surface area contributed by atoms with E-state index in [4.69, 9.17) is 11.6 Å². The zero-order valence-electron chi connectivity index (χ0n) is 12.4. The lowest BCUT2D eigenvalue weighted by Crippen LogP contribution is -2.37. The number of amides is 1. The van der Waals surface area contributed by atoms with Crippen molar-refractivity contribution in [3.63, 3.8) is 0 Å². The number of benzene rings is 1. The van der Waals surface area contributed by atoms with Gasteiger partial charge in [0.15, 0.2) is 0 Å². The van der Waals surface area contributed by atoms with Gasteiger partial charge in [0.1, 0.15) is 0 Å². The fraction of sp³-hybridized carbons (Fsp3) is 0.333. The molecule has 0 bridgehead atoms. The molecule has 2 aromatic rings. The van der Waals surface area contributed by atoms with E-state index in [2.05, 4.69) is 15.7 Å². The van der Waals surface area contributed by atoms with Crippen LogP contribution in [0.4, 0.5) is 0 Å². The Balaban J connectivity index is 2.19. The van der Waals surface area contributed by atoms with Crippen LogP contribution >= 0.6 is 11.6 Å². The van der Waals surface area contributed by atoms with E-state index in [0.29, 0.717) is 17.1 Å². The lowest BCUT2D eigenvalue weighted by Gasteiger charge is -2.11. The molecule has 2 rings (SSSR count). The second kappa shape index (κ2) is 6.74. The first-order valence-electron chi connectivity index (χ1n) is 6.79. The minimum atomic E-state index is -0.122. The maximum Gasteiger partial charge on any atom is 0.254 e. The molecule has 1 amide bonds. The SMILES string of the molecule is CNC(C)CNC(=O)c1cnn(-c2cccc(Cl)c2)c1C. The highest BCUT2D eigenvalue weighted by Gasteiger charge is 2.15. The molecule has 1 unspecified atom stereocenters. The summed E-state index contributed by atoms with van der Waals surface area (Å²) in [7, 11) is 1.86. The summed E-state index contributed by atoms with van der Waals surface area (Å²) in [5.41, 5.74) is 2.19. The van der Waals surface area contributed by atoms with Gasteiger partial charge in [-0.15, -0.1) is 0 Å². The fourth-order valence-electron chi connectivity index (χ4n) is 1.94. The largest absolute Gasteiger partial charge is 0.350 e. The van der Waals surface area contributed by atoms with Gasteiger partial charge in [0, 0.05) is 17.6 Å². The Morgan fingerprint density at radius 2 is 2.24 bits per heavy atom. The van der Waals surface area contributed by atoms with Crippen molar-refractivity contribution in [1.82, 2.24) is 20.4 Å². The third-order valence-electron chi connectivity index (χ3n) is 3.37. The quantitative estimate of drug-likeness (QED) is 0.890. The van der Waals surface area contributed by atoms with E-state index in [1.807, 2.05) is 39.1 Å². The average Bonchev–Trinajstić information content (AvgIpc) is 2.86. The van der Waals surface area contributed by atoms with E-state index in [0.717, 1.165) is 11.4 Å². The fourth-order valence-corrected chi connectivity index (χ4v) is 2.13. The van der Waals surface area contributed by atoms with E-state index < -0.39 is 0 Å². The van der Waals surface area contributed by atoms with Crippen LogP contribution in [-0.2, 0) is 0 Å². The number of halogens is 1. The summed E-state index contributed by atoms with van der Waals surface area (Å²) in [5.74, 6) is -0.122. The van der Waals surface area contributed by atoms with E-state index in [1.54, 1.807) is 16.9 Å². The van der Waals surface area contributed by atoms with Gasteiger partial charge in [-0.2, -0.15) is 5.10 Å². The highest BCUT2D eigenvalue weighted by molar-refractivity contribution is 6.30. The van der Waals surface area contributed by atoms with Crippen molar-refractivity contribution >= 4 is 17.5 Å². The molecule has 0 saturated carbocycles. The summed E-state index contributed by atoms with van der Waals surface area (Å²) >= 11 is 5.99. The van der Waals surface area contributed by atoms with Crippen molar-refractivity contribution in [3.05, 3.63) is 46.7 Å². The van der Waals surface area contributed by atoms with Gasteiger partial charge in [-0.25, -0.2) is 4.68 Å². The lowest BCUT2D eigenvalue weighted by atomic mass is 10.2. The molecule has 1 atom stereocenters. The van der Waals surface area contributed by atoms with Gasteiger partial charge in [0.05, 0.1) is 23.1 Å². The van der Waals surface area contributed by atoms with Gasteiger partial charge in [0.2, 0.25) is 0 Å². The third-order valence-corrected chi connectivity index (χ3v) is 3.60. The van der Waals surface area contributed by atoms with Gasteiger partial charge in [-0.3, -0.25) is 4.79 Å². The molecule has 1 aromatic carbocycles. The van der Waals surface area contributed by atoms with Crippen molar-refractivity contribution in [2.75, 3.05) is 13.6 Å². The Labute approximate surface area is 129 Å². The van der Waals surface area contributed by atoms with Crippen LogP contribution in [0, 0.1) is 6.92 Å². The van der Waals surface area contributed by atoms with E-state index in [9.17, 15) is 4.79 Å². The molecule has 0 aliphatic carbocycles. The smallest absolute Gasteiger partial charge is 0.254 e. The van der Waals surface area contributed by atoms with E-state index >= 15 is 0 Å². The number of hydrogen-bond donors (Lipinski definition) is 2. The number of likely N-dealkylation sites (N-methyl/N-ethyl adjacent to an activating group) is 1. The predicted octanol–water partition coefficient (Wildman–Crippen LogP) is 2.17. The Bertz CT molecular complexity index is 638. The summed E-state index contributed by atoms with van der Waals surface area (Å²) in [6, 6.07) is 7.59. The number of nitrogens with zero attached hydrogens (tertiary/aromatic N) is 2. The number of hydrogen-bond acceptors (Lipinski definition) is 3. The Morgan fingerprint density at radius 1 is 1.48 bits per heavy atom. The van der Waals surface area contributed by atoms with Crippen molar-refractivity contribution in [1.29, 1.82) is 0 Å². The number of nitrogens with one attached hydrogen (secondary N) is 2. The van der Waals surface area contributed by atoms with Crippen molar-refractivity contribution < 1.29 is 4.79 Å². The standard InChI is InChI=1S/C15H19ClN4O/c1-10(17-3)8-18-15(21)14-9-19-20(11(14)2)13-6-4-5-12(16)7-13/h4-7,9-10,17H,8H2,1-3H3,(H,18,21). The minimum Gasteiger partial charge on any atom is -0.350 e. The van der Waals surface area contributed by atoms with Crippen LogP contribution in [-0.4, -0.2) is 35.3 Å². The molecule has 0 aliphatic heterocycles. The third kappa shape index (κ3) is 3.62. The van der Waals surface area contributed by atoms with Crippen LogP contribution in [0.15, 0.2) is 30.5 Å². The first-order valence-corrected chi connectivity index (χ1v) is 7.16. The highest BCUT2D eigenvalue weighted by Crippen LogP contribution is 2.17. The molecule has 1 aromatic heterocycles. The Kier molecular flexibility index (Phi) is 4.98. The number of rotatable bonds is 5. The van der Waals surface area contributed by atoms with Crippen LogP contribution in [0.1, 0.15) is 23.0 Å². The molecule has 112 valence electrons. The van der Waals surface area contributed by atoms with Crippen LogP contribution in [0.2, 0.25) is 5.02 Å². The monoisotopic (exact) mass is 306 g/mol. The van der Waals surface area contributed by atoms with Crippen LogP contribution in [0.25, 0.3) is 5.69 Å². The second-order valence-electron chi connectivity index (χ2n) is 4.94. The van der Waals surface area contributed by atoms with Gasteiger partial charge in [-0.1, -0.05) is 17.7 Å². The summed E-state index contributed by atoms with van der Waals surface area (Å²) < 4.78 is 1.71. The predicted molar refractivity (Wildman–Crippen MR) is 84.2 cm³/mol. The Hall–Kier alpha value is -1.85. The van der Waals surface area contributed by atoms with Crippen LogP contribution in [0.3, 0.4) is 0 Å². The summed E-state index contributed by atoms with van der Waals surface area (Å²) in [6.45, 7) is 4.43. The molecule has 5 nitrogen and oxygen atoms in total. The van der Waals surface area contributed by atoms with Gasteiger partial charge in [-0.05, 0) is 39.1 Å². The van der Waals surface area contributed by atoms with Gasteiger partial charge < -0.3 is 10.6 Å². The van der Waals surface area contributed by atoms with Crippen molar-refractivity contribution in [2.24, 2.45) is 0 Å². The minimum absolute atomic E-state index is 0.122. The second-order valence-corrected chi connectivity index (χ2v) is 5.37. The summed E-state index contributed by atoms with van der Waals surface area (Å²) in [5, 5.41) is 10.9. The van der Waals surface area contributed by atoms with Crippen molar-refractivity contribution in [2.45, 2.75) is 19.9 Å². The molecule has 1 heterocycles. The first-order chi connectivity index (χ1) is 10.0. The maximum atomic E-state index is 12.2. The molecule has 0 radical (unpaired) electrons. The van der Waals surface area contributed by atoms with Gasteiger partial charge >= 0.3 is 0 Å². The van der Waals surface area contributed by atoms with E-state index in [1.165, 1.54) is 0 Å². The van der Waals surface area contributed by atoms with E-state index in [-0.39, 0.29) is 11.9 Å². The summed E-state index contributed by atoms with van der Waals surface area (Å²) in [6.07, 6.45) is 1.58. The average molecular weight is 307 g/mol. The molecular weight excluding hydrogens is 288 g/mol. The molecule has 0 saturated heterocycles. The molecule has 2 N–H and O–H groups in total. The van der Waals surface area contributed by atoms with Gasteiger partial charge in [0.25, 0.3) is 5.91 Å². The zero-order valence-corrected chi connectivity index (χ0v) is 13.1. The Morgan fingerprint density at radius 3 is 2.90 bits per heavy atom. The van der Waals surface area contributed by atoms with Crippen molar-refractivity contribution in [3.8, 4) is 5.69 Å². The maximum absolute atomic E-state index is 12.2. The number of aromatic nitrogens is 2. The topological polar surface area (TPSA) is 58.9 Å². The van der Waals surface area contributed by atoms with Crippen LogP contribution in [0.5, 0.6) is 0 Å².